The van der Waals surface area contributed by atoms with Crippen LogP contribution in [-0.2, 0) is 23.2 Å². The van der Waals surface area contributed by atoms with Crippen LogP contribution >= 0.6 is 0 Å². The summed E-state index contributed by atoms with van der Waals surface area (Å²) in [5.41, 5.74) is 3.55. The Morgan fingerprint density at radius 1 is 1.07 bits per heavy atom. The van der Waals surface area contributed by atoms with Crippen LogP contribution in [-0.4, -0.2) is 27.8 Å². The van der Waals surface area contributed by atoms with Crippen molar-refractivity contribution >= 4 is 17.6 Å². The average Bonchev–Trinajstić information content (AvgIpc) is 2.99. The first-order valence-electron chi connectivity index (χ1n) is 9.64. The lowest BCUT2D eigenvalue weighted by atomic mass is 10.2. The largest absolute Gasteiger partial charge is 0.489 e. The lowest BCUT2D eigenvalue weighted by molar-refractivity contribution is -0.123. The van der Waals surface area contributed by atoms with Crippen LogP contribution in [0, 0.1) is 13.8 Å². The maximum Gasteiger partial charge on any atom is 0.338 e. The molecule has 0 aliphatic carbocycles. The number of benzene rings is 2. The highest BCUT2D eigenvalue weighted by molar-refractivity contribution is 5.98. The lowest BCUT2D eigenvalue weighted by Crippen LogP contribution is -2.30. The van der Waals surface area contributed by atoms with E-state index in [9.17, 15) is 9.59 Å². The number of rotatable bonds is 7. The van der Waals surface area contributed by atoms with Gasteiger partial charge in [0.1, 0.15) is 12.4 Å². The zero-order valence-corrected chi connectivity index (χ0v) is 17.5. The van der Waals surface area contributed by atoms with Crippen LogP contribution < -0.4 is 10.1 Å². The molecule has 1 atom stereocenters. The zero-order chi connectivity index (χ0) is 21.7. The van der Waals surface area contributed by atoms with Gasteiger partial charge < -0.3 is 14.8 Å². The van der Waals surface area contributed by atoms with Crippen molar-refractivity contribution in [1.82, 2.24) is 9.78 Å². The van der Waals surface area contributed by atoms with Crippen molar-refractivity contribution < 1.29 is 19.1 Å². The highest BCUT2D eigenvalue weighted by atomic mass is 16.5. The van der Waals surface area contributed by atoms with Crippen molar-refractivity contribution in [3.8, 4) is 5.75 Å². The minimum absolute atomic E-state index is 0.343. The fraction of sp³-hybridized carbons (Fsp3) is 0.261. The van der Waals surface area contributed by atoms with Gasteiger partial charge in [-0.3, -0.25) is 9.48 Å². The molecule has 3 rings (SSSR count). The summed E-state index contributed by atoms with van der Waals surface area (Å²) in [7, 11) is 1.80. The van der Waals surface area contributed by atoms with Gasteiger partial charge in [0.15, 0.2) is 6.10 Å². The second kappa shape index (κ2) is 9.26. The molecule has 3 aromatic rings. The molecule has 0 bridgehead atoms. The molecule has 30 heavy (non-hydrogen) atoms. The topological polar surface area (TPSA) is 82.5 Å². The summed E-state index contributed by atoms with van der Waals surface area (Å²) >= 11 is 0. The number of carbonyl (C=O) groups is 2. The van der Waals surface area contributed by atoms with Gasteiger partial charge in [-0.1, -0.05) is 30.3 Å². The number of carbonyl (C=O) groups excluding carboxylic acids is 2. The van der Waals surface area contributed by atoms with Crippen molar-refractivity contribution in [2.24, 2.45) is 7.05 Å². The molecule has 1 aromatic heterocycles. The molecule has 0 spiro atoms. The van der Waals surface area contributed by atoms with E-state index in [0.717, 1.165) is 11.3 Å². The van der Waals surface area contributed by atoms with Crippen molar-refractivity contribution in [1.29, 1.82) is 0 Å². The van der Waals surface area contributed by atoms with Crippen LogP contribution in [0.25, 0.3) is 0 Å². The number of esters is 1. The fourth-order valence-corrected chi connectivity index (χ4v) is 2.89. The van der Waals surface area contributed by atoms with Crippen molar-refractivity contribution in [3.05, 3.63) is 77.1 Å². The minimum Gasteiger partial charge on any atom is -0.489 e. The Hall–Kier alpha value is -3.61. The molecule has 0 aliphatic heterocycles. The predicted molar refractivity (Wildman–Crippen MR) is 113 cm³/mol. The summed E-state index contributed by atoms with van der Waals surface area (Å²) < 4.78 is 12.7. The molecular formula is C23H25N3O4. The highest BCUT2D eigenvalue weighted by Crippen LogP contribution is 2.19. The number of amides is 1. The molecule has 0 unspecified atom stereocenters. The Balaban J connectivity index is 1.55. The zero-order valence-electron chi connectivity index (χ0n) is 17.5. The molecular weight excluding hydrogens is 382 g/mol. The number of anilines is 1. The lowest BCUT2D eigenvalue weighted by Gasteiger charge is -2.14. The van der Waals surface area contributed by atoms with Gasteiger partial charge in [0, 0.05) is 7.05 Å². The Bertz CT molecular complexity index is 1030. The number of nitrogens with zero attached hydrogens (tertiary/aromatic N) is 2. The van der Waals surface area contributed by atoms with Gasteiger partial charge in [0.25, 0.3) is 5.91 Å². The molecule has 0 saturated heterocycles. The summed E-state index contributed by atoms with van der Waals surface area (Å²) in [5, 5.41) is 7.03. The predicted octanol–water partition coefficient (Wildman–Crippen LogP) is 3.80. The molecule has 1 heterocycles. The van der Waals surface area contributed by atoms with Gasteiger partial charge >= 0.3 is 5.97 Å². The average molecular weight is 407 g/mol. The van der Waals surface area contributed by atoms with Crippen LogP contribution in [0.4, 0.5) is 5.69 Å². The number of ether oxygens (including phenoxy) is 2. The Labute approximate surface area is 175 Å². The van der Waals surface area contributed by atoms with Gasteiger partial charge in [-0.25, -0.2) is 4.79 Å². The van der Waals surface area contributed by atoms with E-state index < -0.39 is 18.0 Å². The first-order valence-corrected chi connectivity index (χ1v) is 9.64. The number of nitrogens with one attached hydrogen (secondary N) is 1. The first-order chi connectivity index (χ1) is 14.3. The quantitative estimate of drug-likeness (QED) is 0.603. The number of hydrogen-bond acceptors (Lipinski definition) is 5. The second-order valence-electron chi connectivity index (χ2n) is 7.00. The molecule has 0 saturated carbocycles. The van der Waals surface area contributed by atoms with Crippen LogP contribution in [0.1, 0.15) is 34.2 Å². The van der Waals surface area contributed by atoms with E-state index in [0.29, 0.717) is 29.3 Å². The molecule has 2 aromatic carbocycles. The van der Waals surface area contributed by atoms with E-state index in [-0.39, 0.29) is 0 Å². The van der Waals surface area contributed by atoms with Crippen LogP contribution in [0.15, 0.2) is 54.6 Å². The van der Waals surface area contributed by atoms with E-state index in [1.165, 1.54) is 6.92 Å². The van der Waals surface area contributed by atoms with Crippen molar-refractivity contribution in [2.45, 2.75) is 33.5 Å². The van der Waals surface area contributed by atoms with Crippen LogP contribution in [0.3, 0.4) is 0 Å². The third-order valence-corrected chi connectivity index (χ3v) is 4.75. The van der Waals surface area contributed by atoms with E-state index in [2.05, 4.69) is 10.4 Å². The number of aromatic nitrogens is 2. The molecule has 7 heteroatoms. The van der Waals surface area contributed by atoms with Gasteiger partial charge in [0.2, 0.25) is 0 Å². The third-order valence-electron chi connectivity index (χ3n) is 4.75. The Morgan fingerprint density at radius 2 is 1.73 bits per heavy atom. The first kappa shape index (κ1) is 21.1. The highest BCUT2D eigenvalue weighted by Gasteiger charge is 2.21. The van der Waals surface area contributed by atoms with E-state index in [4.69, 9.17) is 9.47 Å². The molecule has 0 fully saturated rings. The SMILES string of the molecule is Cc1nn(C)c(C)c1NC(=O)[C@H](C)OC(=O)c1ccc(OCc2ccccc2)cc1. The smallest absolute Gasteiger partial charge is 0.338 e. The Morgan fingerprint density at radius 3 is 2.33 bits per heavy atom. The second-order valence-corrected chi connectivity index (χ2v) is 7.00. The summed E-state index contributed by atoms with van der Waals surface area (Å²) in [6.45, 7) is 5.63. The normalized spacial score (nSPS) is 11.6. The monoisotopic (exact) mass is 407 g/mol. The number of aryl methyl sites for hydroxylation is 2. The van der Waals surface area contributed by atoms with Crippen LogP contribution in [0.5, 0.6) is 5.75 Å². The van der Waals surface area contributed by atoms with Crippen LogP contribution in [0.2, 0.25) is 0 Å². The summed E-state index contributed by atoms with van der Waals surface area (Å²) in [6.07, 6.45) is -0.953. The number of hydrogen-bond donors (Lipinski definition) is 1. The summed E-state index contributed by atoms with van der Waals surface area (Å²) in [6, 6.07) is 16.4. The third kappa shape index (κ3) is 5.05. The molecule has 0 aliphatic rings. The van der Waals surface area contributed by atoms with Crippen molar-refractivity contribution in [2.75, 3.05) is 5.32 Å². The molecule has 156 valence electrons. The maximum atomic E-state index is 12.4. The molecule has 1 amide bonds. The summed E-state index contributed by atoms with van der Waals surface area (Å²) in [4.78, 5) is 24.8. The van der Waals surface area contributed by atoms with Gasteiger partial charge in [-0.05, 0) is 50.6 Å². The van der Waals surface area contributed by atoms with E-state index in [1.54, 1.807) is 42.9 Å². The van der Waals surface area contributed by atoms with E-state index >= 15 is 0 Å². The standard InChI is InChI=1S/C23H25N3O4/c1-15-21(16(2)26(4)25-15)24-22(27)17(3)30-23(28)19-10-12-20(13-11-19)29-14-18-8-6-5-7-9-18/h5-13,17H,14H2,1-4H3,(H,24,27)/t17-/m0/s1. The minimum atomic E-state index is -0.953. The molecule has 7 nitrogen and oxygen atoms in total. The van der Waals surface area contributed by atoms with Crippen molar-refractivity contribution in [3.63, 3.8) is 0 Å². The molecule has 1 N–H and O–H groups in total. The van der Waals surface area contributed by atoms with E-state index in [1.807, 2.05) is 37.3 Å². The van der Waals surface area contributed by atoms with Gasteiger partial charge in [-0.2, -0.15) is 5.10 Å². The maximum absolute atomic E-state index is 12.4. The fourth-order valence-electron chi connectivity index (χ4n) is 2.89. The Kier molecular flexibility index (Phi) is 6.51. The van der Waals surface area contributed by atoms with Gasteiger partial charge in [0.05, 0.1) is 22.6 Å². The molecule has 0 radical (unpaired) electrons. The summed E-state index contributed by atoms with van der Waals surface area (Å²) in [5.74, 6) is -0.346. The van der Waals surface area contributed by atoms with Gasteiger partial charge in [-0.15, -0.1) is 0 Å².